The van der Waals surface area contributed by atoms with E-state index < -0.39 is 6.04 Å². The first-order valence-corrected chi connectivity index (χ1v) is 5.55. The van der Waals surface area contributed by atoms with E-state index in [2.05, 4.69) is 15.5 Å². The normalized spacial score (nSPS) is 14.8. The molecule has 1 aromatic rings. The molecule has 4 N–H and O–H groups in total. The van der Waals surface area contributed by atoms with Gasteiger partial charge in [0.2, 0.25) is 5.91 Å². The zero-order valence-electron chi connectivity index (χ0n) is 10.0. The van der Waals surface area contributed by atoms with E-state index >= 15 is 0 Å². The summed E-state index contributed by atoms with van der Waals surface area (Å²) in [7, 11) is 0. The van der Waals surface area contributed by atoms with Crippen molar-refractivity contribution < 1.29 is 4.79 Å². The van der Waals surface area contributed by atoms with Gasteiger partial charge in [-0.2, -0.15) is 5.10 Å². The van der Waals surface area contributed by atoms with Gasteiger partial charge in [0.25, 0.3) is 0 Å². The van der Waals surface area contributed by atoms with Gasteiger partial charge >= 0.3 is 0 Å². The quantitative estimate of drug-likeness (QED) is 0.696. The fourth-order valence-electron chi connectivity index (χ4n) is 1.52. The second-order valence-electron chi connectivity index (χ2n) is 4.50. The minimum Gasteiger partial charge on any atom is -0.348 e. The molecule has 1 aromatic heterocycles. The number of nitrogens with zero attached hydrogens (tertiary/aromatic N) is 1. The van der Waals surface area contributed by atoms with E-state index in [1.54, 1.807) is 12.4 Å². The molecule has 0 radical (unpaired) electrons. The lowest BCUT2D eigenvalue weighted by atomic mass is 10.0. The lowest BCUT2D eigenvalue weighted by molar-refractivity contribution is -0.123. The average Bonchev–Trinajstić information content (AvgIpc) is 2.68. The molecule has 0 aliphatic carbocycles. The largest absolute Gasteiger partial charge is 0.348 e. The minimum absolute atomic E-state index is 0.0653. The molecule has 0 fully saturated rings. The van der Waals surface area contributed by atoms with Crippen LogP contribution in [-0.2, 0) is 4.79 Å². The summed E-state index contributed by atoms with van der Waals surface area (Å²) in [6, 6.07) is -0.501. The molecule has 0 saturated heterocycles. The second kappa shape index (κ2) is 5.65. The molecular weight excluding hydrogens is 204 g/mol. The number of carbonyl (C=O) groups excluding carboxylic acids is 1. The smallest absolute Gasteiger partial charge is 0.237 e. The van der Waals surface area contributed by atoms with Gasteiger partial charge in [0.05, 0.1) is 18.3 Å². The highest BCUT2D eigenvalue weighted by atomic mass is 16.2. The van der Waals surface area contributed by atoms with Crippen LogP contribution in [0.1, 0.15) is 38.8 Å². The van der Waals surface area contributed by atoms with Crippen molar-refractivity contribution in [3.05, 3.63) is 18.0 Å². The van der Waals surface area contributed by atoms with Crippen LogP contribution < -0.4 is 11.1 Å². The molecule has 0 spiro atoms. The number of nitrogens with two attached hydrogens (primary N) is 1. The Balaban J connectivity index is 2.45. The number of hydrogen-bond acceptors (Lipinski definition) is 3. The van der Waals surface area contributed by atoms with Crippen molar-refractivity contribution in [3.63, 3.8) is 0 Å². The summed E-state index contributed by atoms with van der Waals surface area (Å²) in [5.74, 6) is 0.312. The Kier molecular flexibility index (Phi) is 4.49. The van der Waals surface area contributed by atoms with E-state index in [9.17, 15) is 4.79 Å². The third-order valence-electron chi connectivity index (χ3n) is 2.44. The van der Waals surface area contributed by atoms with Crippen molar-refractivity contribution in [1.29, 1.82) is 0 Å². The maximum Gasteiger partial charge on any atom is 0.237 e. The van der Waals surface area contributed by atoms with Crippen LogP contribution >= 0.6 is 0 Å². The molecule has 0 aliphatic heterocycles. The molecule has 1 heterocycles. The SMILES string of the molecule is CC(C)C[C@@H](N)C(=O)NC(C)c1cn[nH]c1. The van der Waals surface area contributed by atoms with Gasteiger partial charge in [0.1, 0.15) is 0 Å². The van der Waals surface area contributed by atoms with Crippen molar-refractivity contribution in [2.24, 2.45) is 11.7 Å². The fraction of sp³-hybridized carbons (Fsp3) is 0.636. The van der Waals surface area contributed by atoms with Crippen molar-refractivity contribution in [1.82, 2.24) is 15.5 Å². The highest BCUT2D eigenvalue weighted by Gasteiger charge is 2.17. The van der Waals surface area contributed by atoms with Crippen LogP contribution in [0.5, 0.6) is 0 Å². The van der Waals surface area contributed by atoms with Crippen molar-refractivity contribution in [2.45, 2.75) is 39.3 Å². The maximum absolute atomic E-state index is 11.7. The second-order valence-corrected chi connectivity index (χ2v) is 4.50. The van der Waals surface area contributed by atoms with Crippen molar-refractivity contribution >= 4 is 5.91 Å². The van der Waals surface area contributed by atoms with Crippen LogP contribution in [0.3, 0.4) is 0 Å². The van der Waals surface area contributed by atoms with E-state index in [1.165, 1.54) is 0 Å². The van der Waals surface area contributed by atoms with Crippen LogP contribution in [0.25, 0.3) is 0 Å². The molecule has 16 heavy (non-hydrogen) atoms. The fourth-order valence-corrected chi connectivity index (χ4v) is 1.52. The molecule has 5 heteroatoms. The van der Waals surface area contributed by atoms with Crippen molar-refractivity contribution in [2.75, 3.05) is 0 Å². The molecule has 0 aliphatic rings. The first-order chi connectivity index (χ1) is 7.50. The van der Waals surface area contributed by atoms with Crippen LogP contribution in [-0.4, -0.2) is 22.1 Å². The highest BCUT2D eigenvalue weighted by molar-refractivity contribution is 5.81. The van der Waals surface area contributed by atoms with Crippen LogP contribution in [0.2, 0.25) is 0 Å². The van der Waals surface area contributed by atoms with Crippen molar-refractivity contribution in [3.8, 4) is 0 Å². The number of nitrogens with one attached hydrogen (secondary N) is 2. The third kappa shape index (κ3) is 3.66. The van der Waals surface area contributed by atoms with Gasteiger partial charge in [0, 0.05) is 11.8 Å². The molecule has 1 amide bonds. The van der Waals surface area contributed by atoms with E-state index in [-0.39, 0.29) is 11.9 Å². The molecule has 90 valence electrons. The summed E-state index contributed by atoms with van der Waals surface area (Å²) < 4.78 is 0. The van der Waals surface area contributed by atoms with Crippen LogP contribution in [0.4, 0.5) is 0 Å². The lowest BCUT2D eigenvalue weighted by Crippen LogP contribution is -2.42. The Morgan fingerprint density at radius 3 is 2.75 bits per heavy atom. The summed E-state index contributed by atoms with van der Waals surface area (Å²) >= 11 is 0. The molecule has 0 saturated carbocycles. The molecule has 1 rings (SSSR count). The number of aromatic amines is 1. The van der Waals surface area contributed by atoms with E-state index in [0.717, 1.165) is 5.56 Å². The summed E-state index contributed by atoms with van der Waals surface area (Å²) in [4.78, 5) is 11.7. The maximum atomic E-state index is 11.7. The van der Waals surface area contributed by atoms with Crippen LogP contribution in [0, 0.1) is 5.92 Å². The monoisotopic (exact) mass is 224 g/mol. The standard InChI is InChI=1S/C11H20N4O/c1-7(2)4-10(12)11(16)15-8(3)9-5-13-14-6-9/h5-8,10H,4,12H2,1-3H3,(H,13,14)(H,15,16)/t8?,10-/m1/s1. The predicted octanol–water partition coefficient (Wildman–Crippen LogP) is 0.960. The number of hydrogen-bond donors (Lipinski definition) is 3. The van der Waals surface area contributed by atoms with Crippen LogP contribution in [0.15, 0.2) is 12.4 Å². The van der Waals surface area contributed by atoms with Gasteiger partial charge in [0.15, 0.2) is 0 Å². The van der Waals surface area contributed by atoms with Gasteiger partial charge in [-0.25, -0.2) is 0 Å². The van der Waals surface area contributed by atoms with Gasteiger partial charge in [-0.3, -0.25) is 9.89 Å². The number of amides is 1. The summed E-state index contributed by atoms with van der Waals surface area (Å²) in [6.07, 6.45) is 4.15. The topological polar surface area (TPSA) is 83.8 Å². The number of aromatic nitrogens is 2. The predicted molar refractivity (Wildman–Crippen MR) is 62.6 cm³/mol. The zero-order valence-corrected chi connectivity index (χ0v) is 10.0. The lowest BCUT2D eigenvalue weighted by Gasteiger charge is -2.17. The summed E-state index contributed by atoms with van der Waals surface area (Å²) in [5, 5.41) is 9.41. The minimum atomic E-state index is -0.436. The molecule has 5 nitrogen and oxygen atoms in total. The molecule has 0 bridgehead atoms. The van der Waals surface area contributed by atoms with Gasteiger partial charge in [-0.15, -0.1) is 0 Å². The van der Waals surface area contributed by atoms with Gasteiger partial charge < -0.3 is 11.1 Å². The Labute approximate surface area is 95.8 Å². The summed E-state index contributed by atoms with van der Waals surface area (Å²) in [5.41, 5.74) is 6.73. The van der Waals surface area contributed by atoms with E-state index in [1.807, 2.05) is 20.8 Å². The molecule has 2 atom stereocenters. The first-order valence-electron chi connectivity index (χ1n) is 5.55. The number of H-pyrrole nitrogens is 1. The van der Waals surface area contributed by atoms with E-state index in [0.29, 0.717) is 12.3 Å². The number of carbonyl (C=O) groups is 1. The molecule has 1 unspecified atom stereocenters. The Hall–Kier alpha value is -1.36. The Bertz CT molecular complexity index is 321. The highest BCUT2D eigenvalue weighted by Crippen LogP contribution is 2.10. The molecule has 0 aromatic carbocycles. The van der Waals surface area contributed by atoms with Gasteiger partial charge in [-0.1, -0.05) is 13.8 Å². The zero-order chi connectivity index (χ0) is 12.1. The third-order valence-corrected chi connectivity index (χ3v) is 2.44. The Morgan fingerprint density at radius 1 is 1.56 bits per heavy atom. The summed E-state index contributed by atoms with van der Waals surface area (Å²) in [6.45, 7) is 6.00. The number of rotatable bonds is 5. The average molecular weight is 224 g/mol. The Morgan fingerprint density at radius 2 is 2.25 bits per heavy atom. The van der Waals surface area contributed by atoms with Gasteiger partial charge in [-0.05, 0) is 19.3 Å². The molecular formula is C11H20N4O. The van der Waals surface area contributed by atoms with E-state index in [4.69, 9.17) is 5.73 Å². The first kappa shape index (κ1) is 12.7.